The van der Waals surface area contributed by atoms with Crippen LogP contribution in [0.1, 0.15) is 11.4 Å². The minimum Gasteiger partial charge on any atom is -0.461 e. The molecule has 0 aliphatic rings. The van der Waals surface area contributed by atoms with E-state index in [1.54, 1.807) is 19.4 Å². The number of halogens is 1. The average Bonchev–Trinajstić information content (AvgIpc) is 3.28. The number of aliphatic imine (C=N–C) groups is 1. The molecule has 0 aliphatic heterocycles. The van der Waals surface area contributed by atoms with Gasteiger partial charge in [0.2, 0.25) is 5.82 Å². The van der Waals surface area contributed by atoms with Gasteiger partial charge in [0, 0.05) is 25.7 Å². The zero-order valence-electron chi connectivity index (χ0n) is 14.0. The number of H-pyrrole nitrogens is 1. The molecule has 0 radical (unpaired) electrons. The van der Waals surface area contributed by atoms with E-state index < -0.39 is 0 Å². The van der Waals surface area contributed by atoms with Crippen LogP contribution in [0.2, 0.25) is 5.02 Å². The Morgan fingerprint density at radius 1 is 1.32 bits per heavy atom. The highest BCUT2D eigenvalue weighted by Gasteiger charge is 2.11. The van der Waals surface area contributed by atoms with E-state index in [2.05, 4.69) is 25.5 Å². The molecule has 0 amide bonds. The third-order valence-electron chi connectivity index (χ3n) is 3.63. The minimum atomic E-state index is 0.466. The number of aromatic nitrogens is 3. The smallest absolute Gasteiger partial charge is 0.216 e. The normalized spacial score (nSPS) is 11.6. The van der Waals surface area contributed by atoms with Crippen molar-refractivity contribution in [3.05, 3.63) is 59.1 Å². The second-order valence-electron chi connectivity index (χ2n) is 5.43. The monoisotopic (exact) mass is 358 g/mol. The summed E-state index contributed by atoms with van der Waals surface area (Å²) in [7, 11) is 3.69. The summed E-state index contributed by atoms with van der Waals surface area (Å²) in [4.78, 5) is 10.7. The number of rotatable bonds is 5. The van der Waals surface area contributed by atoms with Crippen LogP contribution >= 0.6 is 11.6 Å². The van der Waals surface area contributed by atoms with Crippen molar-refractivity contribution in [2.75, 3.05) is 14.1 Å². The summed E-state index contributed by atoms with van der Waals surface area (Å²) < 4.78 is 5.29. The van der Waals surface area contributed by atoms with E-state index in [-0.39, 0.29) is 0 Å². The van der Waals surface area contributed by atoms with Gasteiger partial charge in [0.05, 0.1) is 12.8 Å². The topological polar surface area (TPSA) is 82.3 Å². The Balaban J connectivity index is 1.60. The molecule has 0 unspecified atom stereocenters. The lowest BCUT2D eigenvalue weighted by Gasteiger charge is -2.22. The summed E-state index contributed by atoms with van der Waals surface area (Å²) >= 11 is 6.22. The molecule has 2 aromatic heterocycles. The van der Waals surface area contributed by atoms with Gasteiger partial charge in [-0.15, -0.1) is 5.10 Å². The van der Waals surface area contributed by atoms with Gasteiger partial charge in [-0.1, -0.05) is 29.8 Å². The molecular formula is C17H19ClN6O. The number of nitrogens with one attached hydrogen (secondary N) is 2. The van der Waals surface area contributed by atoms with Crippen molar-refractivity contribution in [1.82, 2.24) is 25.4 Å². The van der Waals surface area contributed by atoms with Crippen LogP contribution in [0, 0.1) is 0 Å². The van der Waals surface area contributed by atoms with E-state index in [1.165, 1.54) is 0 Å². The van der Waals surface area contributed by atoms with Crippen LogP contribution in [0.15, 0.2) is 52.1 Å². The van der Waals surface area contributed by atoms with Gasteiger partial charge in [0.25, 0.3) is 0 Å². The summed E-state index contributed by atoms with van der Waals surface area (Å²) in [5.41, 5.74) is 1.04. The molecule has 3 rings (SSSR count). The Kier molecular flexibility index (Phi) is 5.35. The molecule has 8 heteroatoms. The second kappa shape index (κ2) is 7.85. The number of hydrogen-bond acceptors (Lipinski definition) is 4. The summed E-state index contributed by atoms with van der Waals surface area (Å²) in [6.45, 7) is 1.11. The molecular weight excluding hydrogens is 340 g/mol. The summed E-state index contributed by atoms with van der Waals surface area (Å²) in [5, 5.41) is 11.0. The van der Waals surface area contributed by atoms with Crippen molar-refractivity contribution in [2.24, 2.45) is 4.99 Å². The molecule has 3 aromatic rings. The van der Waals surface area contributed by atoms with Crippen molar-refractivity contribution in [2.45, 2.75) is 13.1 Å². The highest BCUT2D eigenvalue weighted by Crippen LogP contribution is 2.17. The minimum absolute atomic E-state index is 0.466. The first-order chi connectivity index (χ1) is 12.2. The standard InChI is InChI=1S/C17H19ClN6O/c1-19-17(24(2)11-12-6-3-4-7-13(12)18)20-10-15-21-16(23-22-15)14-8-5-9-25-14/h3-9H,10-11H2,1-2H3,(H,19,20)(H,21,22,23). The van der Waals surface area contributed by atoms with Crippen LogP contribution in [0.4, 0.5) is 0 Å². The van der Waals surface area contributed by atoms with Crippen molar-refractivity contribution in [3.63, 3.8) is 0 Å². The fourth-order valence-corrected chi connectivity index (χ4v) is 2.59. The van der Waals surface area contributed by atoms with Gasteiger partial charge in [0.15, 0.2) is 11.7 Å². The van der Waals surface area contributed by atoms with E-state index >= 15 is 0 Å². The van der Waals surface area contributed by atoms with E-state index in [0.717, 1.165) is 16.5 Å². The predicted octanol–water partition coefficient (Wildman–Crippen LogP) is 2.93. The van der Waals surface area contributed by atoms with Gasteiger partial charge in [-0.05, 0) is 23.8 Å². The van der Waals surface area contributed by atoms with Gasteiger partial charge < -0.3 is 14.6 Å². The van der Waals surface area contributed by atoms with Crippen molar-refractivity contribution >= 4 is 17.6 Å². The van der Waals surface area contributed by atoms with Crippen LogP contribution in [-0.4, -0.2) is 40.1 Å². The lowest BCUT2D eigenvalue weighted by molar-refractivity contribution is 0.475. The molecule has 1 aromatic carbocycles. The third-order valence-corrected chi connectivity index (χ3v) is 3.99. The van der Waals surface area contributed by atoms with Crippen LogP contribution < -0.4 is 5.32 Å². The molecule has 0 saturated heterocycles. The maximum Gasteiger partial charge on any atom is 0.216 e. The van der Waals surface area contributed by atoms with Gasteiger partial charge in [-0.3, -0.25) is 10.1 Å². The van der Waals surface area contributed by atoms with Gasteiger partial charge in [-0.25, -0.2) is 4.98 Å². The maximum atomic E-state index is 6.22. The molecule has 0 bridgehead atoms. The van der Waals surface area contributed by atoms with E-state index in [4.69, 9.17) is 16.0 Å². The zero-order valence-corrected chi connectivity index (χ0v) is 14.8. The quantitative estimate of drug-likeness (QED) is 0.541. The SMILES string of the molecule is CN=C(NCc1nc(-c2ccco2)n[nH]1)N(C)Cc1ccccc1Cl. The Morgan fingerprint density at radius 2 is 2.16 bits per heavy atom. The van der Waals surface area contributed by atoms with Gasteiger partial charge in [-0.2, -0.15) is 0 Å². The second-order valence-corrected chi connectivity index (χ2v) is 5.84. The summed E-state index contributed by atoms with van der Waals surface area (Å²) in [6, 6.07) is 11.4. The number of furan rings is 1. The highest BCUT2D eigenvalue weighted by atomic mass is 35.5. The first kappa shape index (κ1) is 17.0. The van der Waals surface area contributed by atoms with Crippen LogP contribution in [-0.2, 0) is 13.1 Å². The molecule has 0 atom stereocenters. The van der Waals surface area contributed by atoms with Crippen molar-refractivity contribution in [3.8, 4) is 11.6 Å². The summed E-state index contributed by atoms with van der Waals surface area (Å²) in [5.74, 6) is 2.58. The molecule has 25 heavy (non-hydrogen) atoms. The number of hydrogen-bond donors (Lipinski definition) is 2. The van der Waals surface area contributed by atoms with E-state index in [9.17, 15) is 0 Å². The van der Waals surface area contributed by atoms with Crippen LogP contribution in [0.5, 0.6) is 0 Å². The molecule has 0 spiro atoms. The molecule has 2 heterocycles. The van der Waals surface area contributed by atoms with Crippen molar-refractivity contribution in [1.29, 1.82) is 0 Å². The molecule has 0 fully saturated rings. The van der Waals surface area contributed by atoms with Gasteiger partial charge >= 0.3 is 0 Å². The molecule has 7 nitrogen and oxygen atoms in total. The van der Waals surface area contributed by atoms with Crippen LogP contribution in [0.25, 0.3) is 11.6 Å². The summed E-state index contributed by atoms with van der Waals surface area (Å²) in [6.07, 6.45) is 1.59. The Bertz CT molecular complexity index is 842. The first-order valence-corrected chi connectivity index (χ1v) is 8.15. The fraction of sp³-hybridized carbons (Fsp3) is 0.235. The Hall–Kier alpha value is -2.80. The number of benzene rings is 1. The fourth-order valence-electron chi connectivity index (χ4n) is 2.39. The molecule has 0 saturated carbocycles. The van der Waals surface area contributed by atoms with Crippen molar-refractivity contribution < 1.29 is 4.42 Å². The lowest BCUT2D eigenvalue weighted by Crippen LogP contribution is -2.38. The van der Waals surface area contributed by atoms with Crippen LogP contribution in [0.3, 0.4) is 0 Å². The molecule has 2 N–H and O–H groups in total. The third kappa shape index (κ3) is 4.19. The van der Waals surface area contributed by atoms with Gasteiger partial charge in [0.1, 0.15) is 5.82 Å². The first-order valence-electron chi connectivity index (χ1n) is 7.77. The number of guanidine groups is 1. The predicted molar refractivity (Wildman–Crippen MR) is 97.2 cm³/mol. The zero-order chi connectivity index (χ0) is 17.6. The largest absolute Gasteiger partial charge is 0.461 e. The molecule has 130 valence electrons. The maximum absolute atomic E-state index is 6.22. The lowest BCUT2D eigenvalue weighted by atomic mass is 10.2. The van der Waals surface area contributed by atoms with E-state index in [1.807, 2.05) is 42.3 Å². The highest BCUT2D eigenvalue weighted by molar-refractivity contribution is 6.31. The Labute approximate surface area is 150 Å². The average molecular weight is 359 g/mol. The Morgan fingerprint density at radius 3 is 2.88 bits per heavy atom. The number of nitrogens with zero attached hydrogens (tertiary/aromatic N) is 4. The number of aromatic amines is 1. The molecule has 0 aliphatic carbocycles. The van der Waals surface area contributed by atoms with E-state index in [0.29, 0.717) is 30.5 Å².